The summed E-state index contributed by atoms with van der Waals surface area (Å²) in [5, 5.41) is 16.7. The summed E-state index contributed by atoms with van der Waals surface area (Å²) in [6.07, 6.45) is 0.982. The molecule has 40 heavy (non-hydrogen) atoms. The van der Waals surface area contributed by atoms with Crippen molar-refractivity contribution < 1.29 is 24.2 Å². The first kappa shape index (κ1) is 29.1. The summed E-state index contributed by atoms with van der Waals surface area (Å²) < 4.78 is 12.3. The van der Waals surface area contributed by atoms with Crippen molar-refractivity contribution >= 4 is 29.0 Å². The molecule has 1 atom stereocenters. The normalized spacial score (nSPS) is 15.6. The summed E-state index contributed by atoms with van der Waals surface area (Å²) in [7, 11) is 1.31. The van der Waals surface area contributed by atoms with Crippen molar-refractivity contribution in [3.63, 3.8) is 0 Å². The molecule has 216 valence electrons. The molecule has 0 saturated carbocycles. The van der Waals surface area contributed by atoms with E-state index in [4.69, 9.17) is 14.5 Å². The van der Waals surface area contributed by atoms with E-state index < -0.39 is 23.7 Å². The number of nitrogens with zero attached hydrogens (tertiary/aromatic N) is 4. The second-order valence-corrected chi connectivity index (χ2v) is 11.3. The predicted octanol–water partition coefficient (Wildman–Crippen LogP) is 3.74. The van der Waals surface area contributed by atoms with Crippen LogP contribution in [0.25, 0.3) is 11.0 Å². The molecule has 3 N–H and O–H groups in total. The number of alkyl carbamates (subject to hydrolysis) is 1. The van der Waals surface area contributed by atoms with Crippen molar-refractivity contribution in [3.8, 4) is 5.75 Å². The number of likely N-dealkylation sites (tertiary alicyclic amines) is 1. The number of rotatable bonds is 8. The van der Waals surface area contributed by atoms with Crippen molar-refractivity contribution in [1.82, 2.24) is 24.8 Å². The first-order valence-corrected chi connectivity index (χ1v) is 13.6. The van der Waals surface area contributed by atoms with Gasteiger partial charge in [-0.2, -0.15) is 0 Å². The molecule has 2 aromatic heterocycles. The number of aromatic nitrogens is 3. The van der Waals surface area contributed by atoms with Crippen LogP contribution in [0.1, 0.15) is 50.6 Å². The number of carbonyl (C=O) groups excluding carboxylic acids is 2. The lowest BCUT2D eigenvalue weighted by Gasteiger charge is -2.34. The van der Waals surface area contributed by atoms with Crippen LogP contribution in [0, 0.1) is 13.8 Å². The highest BCUT2D eigenvalue weighted by Gasteiger charge is 2.29. The number of benzene rings is 1. The quantitative estimate of drug-likeness (QED) is 0.358. The van der Waals surface area contributed by atoms with Crippen LogP contribution in [0.5, 0.6) is 5.75 Å². The second-order valence-electron chi connectivity index (χ2n) is 11.3. The van der Waals surface area contributed by atoms with E-state index in [0.29, 0.717) is 18.8 Å². The Morgan fingerprint density at radius 1 is 1.12 bits per heavy atom. The van der Waals surface area contributed by atoms with Gasteiger partial charge < -0.3 is 34.7 Å². The zero-order chi connectivity index (χ0) is 29.0. The van der Waals surface area contributed by atoms with Crippen molar-refractivity contribution in [3.05, 3.63) is 47.3 Å². The minimum Gasteiger partial charge on any atom is -0.506 e. The molecule has 0 aliphatic carbocycles. The van der Waals surface area contributed by atoms with Gasteiger partial charge in [0.1, 0.15) is 23.1 Å². The van der Waals surface area contributed by atoms with Gasteiger partial charge in [-0.3, -0.25) is 4.98 Å². The number of esters is 1. The molecule has 1 aromatic carbocycles. The fraction of sp³-hybridized carbons (Fsp3) is 0.517. The molecule has 1 aliphatic heterocycles. The number of imidazole rings is 1. The fourth-order valence-corrected chi connectivity index (χ4v) is 4.90. The Morgan fingerprint density at radius 2 is 1.85 bits per heavy atom. The zero-order valence-electron chi connectivity index (χ0n) is 24.2. The number of hydrogen-bond acceptors (Lipinski definition) is 9. The highest BCUT2D eigenvalue weighted by Crippen LogP contribution is 2.27. The topological polar surface area (TPSA) is 131 Å². The summed E-state index contributed by atoms with van der Waals surface area (Å²) in [5.74, 6) is 0.368. The third-order valence-electron chi connectivity index (χ3n) is 6.92. The standard InChI is InChI=1S/C29H40N6O5/c1-18-8-7-9-23-25(18)33-27(35(23)17-21-24(36)11-10-19(2)30-21)31-20-12-14-34(15-13-20)16-22(26(37)39-6)32-28(38)40-29(3,4)5/h7-11,20,22,36H,12-17H2,1-6H3,(H,31,33)(H,32,38). The maximum absolute atomic E-state index is 12.4. The molecule has 3 heterocycles. The summed E-state index contributed by atoms with van der Waals surface area (Å²) >= 11 is 0. The van der Waals surface area contributed by atoms with Gasteiger partial charge in [0, 0.05) is 31.4 Å². The van der Waals surface area contributed by atoms with Gasteiger partial charge >= 0.3 is 12.1 Å². The van der Waals surface area contributed by atoms with Gasteiger partial charge in [-0.25, -0.2) is 14.6 Å². The number of carbonyl (C=O) groups is 2. The van der Waals surface area contributed by atoms with Crippen LogP contribution >= 0.6 is 0 Å². The first-order valence-electron chi connectivity index (χ1n) is 13.6. The zero-order valence-corrected chi connectivity index (χ0v) is 24.2. The maximum Gasteiger partial charge on any atom is 0.408 e. The Labute approximate surface area is 234 Å². The number of methoxy groups -OCH3 is 1. The molecule has 1 amide bonds. The van der Waals surface area contributed by atoms with Gasteiger partial charge in [0.2, 0.25) is 5.95 Å². The average Bonchev–Trinajstić information content (AvgIpc) is 3.23. The Morgan fingerprint density at radius 3 is 2.52 bits per heavy atom. The Kier molecular flexibility index (Phi) is 8.82. The van der Waals surface area contributed by atoms with Crippen LogP contribution in [-0.4, -0.2) is 81.0 Å². The number of pyridine rings is 1. The third kappa shape index (κ3) is 7.20. The van der Waals surface area contributed by atoms with Crippen LogP contribution in [0.3, 0.4) is 0 Å². The number of anilines is 1. The molecule has 4 rings (SSSR count). The number of amides is 1. The lowest BCUT2D eigenvalue weighted by atomic mass is 10.0. The lowest BCUT2D eigenvalue weighted by Crippen LogP contribution is -2.52. The monoisotopic (exact) mass is 552 g/mol. The molecule has 1 aliphatic rings. The van der Waals surface area contributed by atoms with Crippen molar-refractivity contribution in [1.29, 1.82) is 0 Å². The predicted molar refractivity (Wildman–Crippen MR) is 152 cm³/mol. The number of fused-ring (bicyclic) bond motifs is 1. The van der Waals surface area contributed by atoms with Gasteiger partial charge in [0.05, 0.1) is 24.7 Å². The van der Waals surface area contributed by atoms with Gasteiger partial charge in [0.25, 0.3) is 0 Å². The summed E-state index contributed by atoms with van der Waals surface area (Å²) in [5.41, 5.74) is 3.70. The number of ether oxygens (including phenoxy) is 2. The first-order chi connectivity index (χ1) is 18.9. The highest BCUT2D eigenvalue weighted by atomic mass is 16.6. The Bertz CT molecular complexity index is 1360. The largest absolute Gasteiger partial charge is 0.506 e. The number of aryl methyl sites for hydroxylation is 2. The van der Waals surface area contributed by atoms with Gasteiger partial charge in [-0.05, 0) is 71.2 Å². The Hall–Kier alpha value is -3.86. The lowest BCUT2D eigenvalue weighted by molar-refractivity contribution is -0.143. The summed E-state index contributed by atoms with van der Waals surface area (Å²) in [4.78, 5) is 36.3. The third-order valence-corrected chi connectivity index (χ3v) is 6.92. The average molecular weight is 553 g/mol. The minimum atomic E-state index is -0.828. The van der Waals surface area contributed by atoms with E-state index in [2.05, 4.69) is 25.1 Å². The van der Waals surface area contributed by atoms with Crippen molar-refractivity contribution in [2.75, 3.05) is 32.1 Å². The van der Waals surface area contributed by atoms with E-state index in [9.17, 15) is 14.7 Å². The van der Waals surface area contributed by atoms with Crippen LogP contribution < -0.4 is 10.6 Å². The van der Waals surface area contributed by atoms with Crippen molar-refractivity contribution in [2.24, 2.45) is 0 Å². The van der Waals surface area contributed by atoms with Crippen LogP contribution in [-0.2, 0) is 20.8 Å². The molecule has 11 heteroatoms. The van der Waals surface area contributed by atoms with E-state index >= 15 is 0 Å². The summed E-state index contributed by atoms with van der Waals surface area (Å²) in [6, 6.07) is 8.85. The number of nitrogens with one attached hydrogen (secondary N) is 2. The molecule has 0 bridgehead atoms. The molecular weight excluding hydrogens is 512 g/mol. The molecule has 11 nitrogen and oxygen atoms in total. The number of hydrogen-bond donors (Lipinski definition) is 3. The highest BCUT2D eigenvalue weighted by molar-refractivity contribution is 5.82. The number of para-hydroxylation sites is 1. The van der Waals surface area contributed by atoms with E-state index in [1.807, 2.05) is 32.0 Å². The molecule has 1 unspecified atom stereocenters. The van der Waals surface area contributed by atoms with Crippen LogP contribution in [0.15, 0.2) is 30.3 Å². The van der Waals surface area contributed by atoms with E-state index in [-0.39, 0.29) is 11.8 Å². The van der Waals surface area contributed by atoms with Crippen LogP contribution in [0.4, 0.5) is 10.7 Å². The molecule has 0 spiro atoms. The fourth-order valence-electron chi connectivity index (χ4n) is 4.90. The molecule has 1 saturated heterocycles. The van der Waals surface area contributed by atoms with Gasteiger partial charge in [-0.15, -0.1) is 0 Å². The molecule has 1 fully saturated rings. The van der Waals surface area contributed by atoms with Gasteiger partial charge in [0.15, 0.2) is 0 Å². The second kappa shape index (κ2) is 12.1. The smallest absolute Gasteiger partial charge is 0.408 e. The summed E-state index contributed by atoms with van der Waals surface area (Å²) in [6.45, 7) is 11.4. The van der Waals surface area contributed by atoms with E-state index in [0.717, 1.165) is 54.2 Å². The minimum absolute atomic E-state index is 0.152. The van der Waals surface area contributed by atoms with Crippen molar-refractivity contribution in [2.45, 2.75) is 71.7 Å². The number of aromatic hydroxyl groups is 1. The van der Waals surface area contributed by atoms with E-state index in [1.54, 1.807) is 32.9 Å². The van der Waals surface area contributed by atoms with Crippen LogP contribution in [0.2, 0.25) is 0 Å². The maximum atomic E-state index is 12.4. The van der Waals surface area contributed by atoms with E-state index in [1.165, 1.54) is 7.11 Å². The molecular formula is C29H40N6O5. The Balaban J connectivity index is 1.44. The molecule has 3 aromatic rings. The molecule has 0 radical (unpaired) electrons. The van der Waals surface area contributed by atoms with Gasteiger partial charge in [-0.1, -0.05) is 12.1 Å². The number of piperidine rings is 1. The SMILES string of the molecule is COC(=O)C(CN1CCC(Nc2nc3c(C)cccc3n2Cc2nc(C)ccc2O)CC1)NC(=O)OC(C)(C)C.